The molecule has 1 aliphatic heterocycles. The molecule has 8 nitrogen and oxygen atoms in total. The maximum atomic E-state index is 12.8. The molecule has 8 heteroatoms. The number of para-hydroxylation sites is 2. The van der Waals surface area contributed by atoms with Gasteiger partial charge < -0.3 is 13.7 Å². The number of amides is 1. The van der Waals surface area contributed by atoms with Gasteiger partial charge in [0.15, 0.2) is 11.5 Å². The third-order valence-corrected chi connectivity index (χ3v) is 5.34. The van der Waals surface area contributed by atoms with Crippen LogP contribution >= 0.6 is 0 Å². The van der Waals surface area contributed by atoms with Crippen LogP contribution in [-0.2, 0) is 37.1 Å². The Bertz CT molecular complexity index is 1260. The molecule has 0 bridgehead atoms. The lowest BCUT2D eigenvalue weighted by Gasteiger charge is -2.25. The maximum Gasteiger partial charge on any atom is 0.420 e. The molecule has 152 valence electrons. The van der Waals surface area contributed by atoms with Gasteiger partial charge in [-0.05, 0) is 30.2 Å². The van der Waals surface area contributed by atoms with Gasteiger partial charge in [0.1, 0.15) is 18.0 Å². The van der Waals surface area contributed by atoms with E-state index in [0.29, 0.717) is 42.9 Å². The number of benzene rings is 1. The van der Waals surface area contributed by atoms with E-state index >= 15 is 0 Å². The van der Waals surface area contributed by atoms with Gasteiger partial charge in [-0.25, -0.2) is 9.78 Å². The first kappa shape index (κ1) is 18.4. The number of hydrogen-bond donors (Lipinski definition) is 0. The monoisotopic (exact) mass is 404 g/mol. The number of aromatic nitrogens is 3. The lowest BCUT2D eigenvalue weighted by Crippen LogP contribution is -2.39. The highest BCUT2D eigenvalue weighted by Gasteiger charge is 2.26. The average molecular weight is 404 g/mol. The quantitative estimate of drug-likeness (QED) is 0.507. The van der Waals surface area contributed by atoms with Gasteiger partial charge in [0.25, 0.3) is 0 Å². The molecule has 0 spiro atoms. The number of rotatable bonds is 5. The van der Waals surface area contributed by atoms with Crippen LogP contribution < -0.4 is 5.76 Å². The van der Waals surface area contributed by atoms with Crippen molar-refractivity contribution >= 4 is 17.0 Å². The van der Waals surface area contributed by atoms with Crippen molar-refractivity contribution in [3.63, 3.8) is 0 Å². The molecule has 1 amide bonds. The fraction of sp³-hybridized carbons (Fsp3) is 0.273. The van der Waals surface area contributed by atoms with Crippen molar-refractivity contribution in [2.24, 2.45) is 0 Å². The molecule has 1 aromatic carbocycles. The van der Waals surface area contributed by atoms with Gasteiger partial charge in [0.2, 0.25) is 5.91 Å². The van der Waals surface area contributed by atoms with Gasteiger partial charge in [-0.2, -0.15) is 0 Å². The predicted molar refractivity (Wildman–Crippen MR) is 108 cm³/mol. The zero-order valence-corrected chi connectivity index (χ0v) is 16.3. The lowest BCUT2D eigenvalue weighted by molar-refractivity contribution is -0.132. The van der Waals surface area contributed by atoms with Crippen LogP contribution in [0.4, 0.5) is 0 Å². The molecule has 0 saturated heterocycles. The van der Waals surface area contributed by atoms with Crippen molar-refractivity contribution in [3.05, 3.63) is 82.3 Å². The topological polar surface area (TPSA) is 94.4 Å². The van der Waals surface area contributed by atoms with Gasteiger partial charge in [-0.1, -0.05) is 18.2 Å². The number of pyridine rings is 1. The predicted octanol–water partition coefficient (Wildman–Crippen LogP) is 2.35. The second-order valence-electron chi connectivity index (χ2n) is 7.33. The molecule has 0 radical (unpaired) electrons. The first-order valence-electron chi connectivity index (χ1n) is 9.90. The third-order valence-electron chi connectivity index (χ3n) is 5.34. The van der Waals surface area contributed by atoms with E-state index in [0.717, 1.165) is 23.4 Å². The van der Waals surface area contributed by atoms with Crippen molar-refractivity contribution in [2.45, 2.75) is 32.4 Å². The highest BCUT2D eigenvalue weighted by atomic mass is 16.4. The Hall–Kier alpha value is -3.68. The highest BCUT2D eigenvalue weighted by molar-refractivity contribution is 5.79. The molecule has 3 aromatic heterocycles. The SMILES string of the molecule is O=C(Cn1c(=O)oc2ccccc21)N1CCc2oc(CCc3cccnc3)nc2C1. The Labute approximate surface area is 171 Å². The van der Waals surface area contributed by atoms with E-state index < -0.39 is 5.76 Å². The molecule has 1 aliphatic rings. The molecule has 0 atom stereocenters. The minimum absolute atomic E-state index is 0.0586. The number of carbonyl (C=O) groups excluding carboxylic acids is 1. The molecule has 4 heterocycles. The van der Waals surface area contributed by atoms with E-state index in [2.05, 4.69) is 9.97 Å². The first-order chi connectivity index (χ1) is 14.7. The zero-order valence-electron chi connectivity index (χ0n) is 16.3. The number of fused-ring (bicyclic) bond motifs is 2. The van der Waals surface area contributed by atoms with Crippen molar-refractivity contribution in [3.8, 4) is 0 Å². The highest BCUT2D eigenvalue weighted by Crippen LogP contribution is 2.21. The van der Waals surface area contributed by atoms with Crippen molar-refractivity contribution in [1.29, 1.82) is 0 Å². The van der Waals surface area contributed by atoms with E-state index in [-0.39, 0.29) is 12.5 Å². The van der Waals surface area contributed by atoms with E-state index in [9.17, 15) is 9.59 Å². The van der Waals surface area contributed by atoms with Gasteiger partial charge in [-0.3, -0.25) is 14.3 Å². The van der Waals surface area contributed by atoms with Crippen LogP contribution in [0.25, 0.3) is 11.1 Å². The molecular weight excluding hydrogens is 384 g/mol. The summed E-state index contributed by atoms with van der Waals surface area (Å²) < 4.78 is 12.5. The second kappa shape index (κ2) is 7.62. The van der Waals surface area contributed by atoms with Crippen LogP contribution in [0.15, 0.2) is 62.4 Å². The van der Waals surface area contributed by atoms with Gasteiger partial charge >= 0.3 is 5.76 Å². The van der Waals surface area contributed by atoms with Crippen molar-refractivity contribution in [1.82, 2.24) is 19.4 Å². The Balaban J connectivity index is 1.27. The molecule has 0 fully saturated rings. The van der Waals surface area contributed by atoms with Crippen LogP contribution in [0.1, 0.15) is 22.9 Å². The largest absolute Gasteiger partial charge is 0.445 e. The van der Waals surface area contributed by atoms with Crippen LogP contribution in [0.3, 0.4) is 0 Å². The fourth-order valence-corrected chi connectivity index (χ4v) is 3.77. The number of aryl methyl sites for hydroxylation is 2. The summed E-state index contributed by atoms with van der Waals surface area (Å²) in [5, 5.41) is 0. The molecule has 5 rings (SSSR count). The molecule has 0 unspecified atom stereocenters. The Morgan fingerprint density at radius 3 is 2.87 bits per heavy atom. The minimum atomic E-state index is -0.527. The molecule has 0 aliphatic carbocycles. The maximum absolute atomic E-state index is 12.8. The molecular formula is C22H20N4O4. The van der Waals surface area contributed by atoms with Crippen LogP contribution in [0.5, 0.6) is 0 Å². The Kier molecular flexibility index (Phi) is 4.66. The summed E-state index contributed by atoms with van der Waals surface area (Å²) in [4.78, 5) is 35.4. The van der Waals surface area contributed by atoms with Crippen LogP contribution in [0, 0.1) is 0 Å². The normalized spacial score (nSPS) is 13.5. The average Bonchev–Trinajstić information content (AvgIpc) is 3.32. The fourth-order valence-electron chi connectivity index (χ4n) is 3.77. The summed E-state index contributed by atoms with van der Waals surface area (Å²) >= 11 is 0. The number of oxazole rings is 2. The van der Waals surface area contributed by atoms with Crippen LogP contribution in [-0.4, -0.2) is 31.9 Å². The molecule has 0 N–H and O–H groups in total. The van der Waals surface area contributed by atoms with Gasteiger partial charge in [0.05, 0.1) is 12.1 Å². The first-order valence-corrected chi connectivity index (χ1v) is 9.90. The smallest absolute Gasteiger partial charge is 0.420 e. The summed E-state index contributed by atoms with van der Waals surface area (Å²) in [5.41, 5.74) is 3.02. The summed E-state index contributed by atoms with van der Waals surface area (Å²) in [7, 11) is 0. The number of hydrogen-bond acceptors (Lipinski definition) is 6. The summed E-state index contributed by atoms with van der Waals surface area (Å²) in [5.74, 6) is 0.844. The molecule has 0 saturated carbocycles. The van der Waals surface area contributed by atoms with Gasteiger partial charge in [-0.15, -0.1) is 0 Å². The van der Waals surface area contributed by atoms with E-state index in [4.69, 9.17) is 8.83 Å². The van der Waals surface area contributed by atoms with Crippen LogP contribution in [0.2, 0.25) is 0 Å². The second-order valence-corrected chi connectivity index (χ2v) is 7.33. The summed E-state index contributed by atoms with van der Waals surface area (Å²) in [6.07, 6.45) is 5.68. The number of carbonyl (C=O) groups is 1. The lowest BCUT2D eigenvalue weighted by atomic mass is 10.1. The number of nitrogens with zero attached hydrogens (tertiary/aromatic N) is 4. The van der Waals surface area contributed by atoms with Crippen molar-refractivity contribution < 1.29 is 13.6 Å². The van der Waals surface area contributed by atoms with Gasteiger partial charge in [0, 0.05) is 31.8 Å². The summed E-state index contributed by atoms with van der Waals surface area (Å²) in [6, 6.07) is 11.0. The van der Waals surface area contributed by atoms with E-state index in [1.165, 1.54) is 4.57 Å². The Morgan fingerprint density at radius 1 is 1.10 bits per heavy atom. The van der Waals surface area contributed by atoms with E-state index in [1.807, 2.05) is 24.4 Å². The molecule has 30 heavy (non-hydrogen) atoms. The van der Waals surface area contributed by atoms with E-state index in [1.54, 1.807) is 29.3 Å². The zero-order chi connectivity index (χ0) is 20.5. The third kappa shape index (κ3) is 3.52. The van der Waals surface area contributed by atoms with Crippen molar-refractivity contribution in [2.75, 3.05) is 6.54 Å². The summed E-state index contributed by atoms with van der Waals surface area (Å²) in [6.45, 7) is 0.861. The minimum Gasteiger partial charge on any atom is -0.445 e. The standard InChI is InChI=1S/C22H20N4O4/c27-21(14-26-17-5-1-2-6-19(17)30-22(26)28)25-11-9-18-16(13-25)24-20(29-18)8-7-15-4-3-10-23-12-15/h1-6,10,12H,7-9,11,13-14H2. The Morgan fingerprint density at radius 2 is 2.00 bits per heavy atom. The molecule has 4 aromatic rings.